The highest BCUT2D eigenvalue weighted by molar-refractivity contribution is 6.11. The molecule has 0 fully saturated rings. The zero-order valence-electron chi connectivity index (χ0n) is 35.4. The van der Waals surface area contributed by atoms with E-state index in [2.05, 4.69) is 41.0 Å². The zero-order chi connectivity index (χ0) is 44.8. The molecule has 9 heteroatoms. The third-order valence-corrected chi connectivity index (χ3v) is 11.8. The van der Waals surface area contributed by atoms with E-state index >= 15 is 0 Å². The first-order valence-corrected chi connectivity index (χ1v) is 21.5. The van der Waals surface area contributed by atoms with Crippen LogP contribution < -0.4 is 0 Å². The fraction of sp³-hybridized carbons (Fsp3) is 0.0351. The van der Waals surface area contributed by atoms with Crippen LogP contribution in [0.3, 0.4) is 0 Å². The summed E-state index contributed by atoms with van der Waals surface area (Å²) in [5, 5.41) is 1.93. The summed E-state index contributed by atoms with van der Waals surface area (Å²) < 4.78 is 43.3. The monoisotopic (exact) mass is 862 g/mol. The quantitative estimate of drug-likeness (QED) is 0.152. The number of fused-ring (bicyclic) bond motifs is 3. The average molecular weight is 863 g/mol. The van der Waals surface area contributed by atoms with Crippen LogP contribution in [0.4, 0.5) is 13.2 Å². The fourth-order valence-corrected chi connectivity index (χ4v) is 8.63. The van der Waals surface area contributed by atoms with Crippen molar-refractivity contribution >= 4 is 21.8 Å². The molecule has 0 aliphatic carbocycles. The van der Waals surface area contributed by atoms with Crippen LogP contribution in [0.5, 0.6) is 0 Å². The Morgan fingerprint density at radius 3 is 1.45 bits per heavy atom. The van der Waals surface area contributed by atoms with Crippen molar-refractivity contribution in [3.05, 3.63) is 217 Å². The number of hydrogen-bond acceptors (Lipinski definition) is 5. The second-order valence-electron chi connectivity index (χ2n) is 16.1. The van der Waals surface area contributed by atoms with Crippen LogP contribution in [0.2, 0.25) is 0 Å². The maximum atomic E-state index is 13.7. The average Bonchev–Trinajstić information content (AvgIpc) is 3.70. The predicted octanol–water partition coefficient (Wildman–Crippen LogP) is 14.8. The number of halogens is 3. The third kappa shape index (κ3) is 7.56. The Balaban J connectivity index is 1.17. The van der Waals surface area contributed by atoms with Crippen molar-refractivity contribution in [1.29, 1.82) is 0 Å². The molecular weight excluding hydrogens is 826 g/mol. The molecule has 0 radical (unpaired) electrons. The molecule has 0 amide bonds. The van der Waals surface area contributed by atoms with Crippen LogP contribution in [0, 0.1) is 6.92 Å². The van der Waals surface area contributed by atoms with E-state index in [9.17, 15) is 13.2 Å². The molecule has 66 heavy (non-hydrogen) atoms. The topological polar surface area (TPSA) is 69.4 Å². The first-order valence-electron chi connectivity index (χ1n) is 21.5. The van der Waals surface area contributed by atoms with Gasteiger partial charge in [-0.25, -0.2) is 24.9 Å². The van der Waals surface area contributed by atoms with Crippen molar-refractivity contribution < 1.29 is 13.2 Å². The van der Waals surface area contributed by atoms with Gasteiger partial charge >= 0.3 is 6.18 Å². The second kappa shape index (κ2) is 16.5. The number of hydrogen-bond donors (Lipinski definition) is 0. The molecule has 3 aromatic heterocycles. The van der Waals surface area contributed by atoms with Gasteiger partial charge in [0.1, 0.15) is 0 Å². The van der Waals surface area contributed by atoms with Gasteiger partial charge in [-0.2, -0.15) is 13.2 Å². The van der Waals surface area contributed by atoms with E-state index in [1.165, 1.54) is 6.07 Å². The van der Waals surface area contributed by atoms with Crippen LogP contribution in [0.25, 0.3) is 107 Å². The van der Waals surface area contributed by atoms with Gasteiger partial charge in [-0.1, -0.05) is 158 Å². The molecule has 0 aliphatic heterocycles. The first-order chi connectivity index (χ1) is 32.2. The minimum Gasteiger partial charge on any atom is -0.309 e. The number of rotatable bonds is 8. The largest absolute Gasteiger partial charge is 0.416 e. The number of benzene rings is 8. The highest BCUT2D eigenvalue weighted by atomic mass is 19.4. The highest BCUT2D eigenvalue weighted by Gasteiger charge is 2.31. The van der Waals surface area contributed by atoms with E-state index in [0.717, 1.165) is 89.5 Å². The molecule has 3 heterocycles. The van der Waals surface area contributed by atoms with Gasteiger partial charge in [0.25, 0.3) is 0 Å². The van der Waals surface area contributed by atoms with E-state index in [1.807, 2.05) is 152 Å². The van der Waals surface area contributed by atoms with Gasteiger partial charge in [0.2, 0.25) is 0 Å². The number of para-hydroxylation sites is 1. The van der Waals surface area contributed by atoms with E-state index in [4.69, 9.17) is 24.9 Å². The van der Waals surface area contributed by atoms with Crippen LogP contribution >= 0.6 is 0 Å². The Morgan fingerprint density at radius 1 is 0.364 bits per heavy atom. The van der Waals surface area contributed by atoms with Gasteiger partial charge in [0.05, 0.1) is 33.7 Å². The molecule has 0 saturated heterocycles. The summed E-state index contributed by atoms with van der Waals surface area (Å²) >= 11 is 0. The highest BCUT2D eigenvalue weighted by Crippen LogP contribution is 2.41. The molecule has 0 spiro atoms. The summed E-state index contributed by atoms with van der Waals surface area (Å²) in [6, 6.07) is 66.2. The lowest BCUT2D eigenvalue weighted by Crippen LogP contribution is -2.05. The second-order valence-corrected chi connectivity index (χ2v) is 16.1. The SMILES string of the molecule is Cc1cc(C(F)(F)F)ccc1-c1ccc2c(c1)c1ccccc1n2-c1ccc(-c2cc(-c3ccccc3)nc(-c3ccccc3)n2)cc1-c1nc(-c2ccccc2)nc(-c2ccccc2)n1. The Morgan fingerprint density at radius 2 is 0.864 bits per heavy atom. The Bertz CT molecular complexity index is 3460. The van der Waals surface area contributed by atoms with E-state index in [0.29, 0.717) is 28.9 Å². The van der Waals surface area contributed by atoms with Gasteiger partial charge in [-0.3, -0.25) is 0 Å². The van der Waals surface area contributed by atoms with Crippen LogP contribution in [0.15, 0.2) is 206 Å². The van der Waals surface area contributed by atoms with Crippen molar-refractivity contribution in [3.63, 3.8) is 0 Å². The molecule has 0 saturated carbocycles. The molecule has 0 aliphatic rings. The zero-order valence-corrected chi connectivity index (χ0v) is 35.4. The molecule has 316 valence electrons. The van der Waals surface area contributed by atoms with Gasteiger partial charge in [0, 0.05) is 44.2 Å². The van der Waals surface area contributed by atoms with Gasteiger partial charge in [-0.15, -0.1) is 0 Å². The van der Waals surface area contributed by atoms with Gasteiger partial charge < -0.3 is 4.57 Å². The normalized spacial score (nSPS) is 11.6. The number of aryl methyl sites for hydroxylation is 1. The lowest BCUT2D eigenvalue weighted by Gasteiger charge is -2.17. The molecule has 8 aromatic carbocycles. The van der Waals surface area contributed by atoms with Crippen molar-refractivity contribution in [2.24, 2.45) is 0 Å². The van der Waals surface area contributed by atoms with Crippen molar-refractivity contribution in [2.75, 3.05) is 0 Å². The molecule has 6 nitrogen and oxygen atoms in total. The maximum absolute atomic E-state index is 13.7. The number of alkyl halides is 3. The summed E-state index contributed by atoms with van der Waals surface area (Å²) in [6.07, 6.45) is -4.43. The Hall–Kier alpha value is -8.56. The lowest BCUT2D eigenvalue weighted by atomic mass is 9.97. The minimum absolute atomic E-state index is 0.461. The third-order valence-electron chi connectivity index (χ3n) is 11.8. The minimum atomic E-state index is -4.43. The molecule has 0 atom stereocenters. The molecule has 11 aromatic rings. The molecular formula is C57H37F3N6. The number of aromatic nitrogens is 6. The molecule has 11 rings (SSSR count). The standard InChI is InChI=1S/C57H37F3N6/c1-36-32-43(57(58,59)60)28-29-44(36)41-26-30-51-46(33-41)45-24-14-15-25-50(45)66(51)52-31-27-42(49-35-48(37-16-6-2-7-17-37)61-53(62-49)38-18-8-3-9-19-38)34-47(52)56-64-54(39-20-10-4-11-21-39)63-55(65-56)40-22-12-5-13-23-40/h2-35H,1H3. The molecule has 0 N–H and O–H groups in total. The van der Waals surface area contributed by atoms with Gasteiger partial charge in [0.15, 0.2) is 23.3 Å². The molecule has 0 unspecified atom stereocenters. The van der Waals surface area contributed by atoms with E-state index < -0.39 is 11.7 Å². The smallest absolute Gasteiger partial charge is 0.309 e. The predicted molar refractivity (Wildman–Crippen MR) is 258 cm³/mol. The molecule has 0 bridgehead atoms. The summed E-state index contributed by atoms with van der Waals surface area (Å²) in [6.45, 7) is 1.72. The first kappa shape index (κ1) is 40.2. The van der Waals surface area contributed by atoms with Crippen molar-refractivity contribution in [1.82, 2.24) is 29.5 Å². The fourth-order valence-electron chi connectivity index (χ4n) is 8.63. The van der Waals surface area contributed by atoms with Crippen LogP contribution in [-0.2, 0) is 6.18 Å². The lowest BCUT2D eigenvalue weighted by molar-refractivity contribution is -0.137. The summed E-state index contributed by atoms with van der Waals surface area (Å²) in [5.74, 6) is 2.10. The van der Waals surface area contributed by atoms with Crippen molar-refractivity contribution in [3.8, 4) is 84.9 Å². The number of nitrogens with zero attached hydrogens (tertiary/aromatic N) is 6. The van der Waals surface area contributed by atoms with E-state index in [-0.39, 0.29) is 0 Å². The van der Waals surface area contributed by atoms with Crippen molar-refractivity contribution in [2.45, 2.75) is 13.1 Å². The van der Waals surface area contributed by atoms with E-state index in [1.54, 1.807) is 13.0 Å². The summed E-state index contributed by atoms with van der Waals surface area (Å²) in [7, 11) is 0. The summed E-state index contributed by atoms with van der Waals surface area (Å²) in [5.41, 5.74) is 10.7. The van der Waals surface area contributed by atoms with Crippen LogP contribution in [0.1, 0.15) is 11.1 Å². The van der Waals surface area contributed by atoms with Crippen LogP contribution in [-0.4, -0.2) is 29.5 Å². The van der Waals surface area contributed by atoms with Gasteiger partial charge in [-0.05, 0) is 72.1 Å². The summed E-state index contributed by atoms with van der Waals surface area (Å²) in [4.78, 5) is 25.7. The maximum Gasteiger partial charge on any atom is 0.416 e. The Kier molecular flexibility index (Phi) is 10.1. The Labute approximate surface area is 378 Å².